The number of rotatable bonds is 3. The van der Waals surface area contributed by atoms with Gasteiger partial charge in [0.15, 0.2) is 0 Å². The number of benzene rings is 1. The van der Waals surface area contributed by atoms with Crippen molar-refractivity contribution in [3.63, 3.8) is 0 Å². The number of hydrogen-bond donors (Lipinski definition) is 1. The van der Waals surface area contributed by atoms with Crippen LogP contribution in [0.15, 0.2) is 41.8 Å². The number of aryl methyl sites for hydroxylation is 1. The van der Waals surface area contributed by atoms with Crippen molar-refractivity contribution in [1.29, 1.82) is 0 Å². The zero-order chi connectivity index (χ0) is 15.6. The van der Waals surface area contributed by atoms with E-state index in [4.69, 9.17) is 5.10 Å². The Morgan fingerprint density at radius 2 is 2.04 bits per heavy atom. The molecule has 0 saturated heterocycles. The fourth-order valence-corrected chi connectivity index (χ4v) is 3.91. The molecule has 4 heteroatoms. The first-order valence-corrected chi connectivity index (χ1v) is 9.23. The van der Waals surface area contributed by atoms with Crippen LogP contribution in [0.3, 0.4) is 0 Å². The Labute approximate surface area is 141 Å². The van der Waals surface area contributed by atoms with Crippen molar-refractivity contribution in [1.82, 2.24) is 9.78 Å². The summed E-state index contributed by atoms with van der Waals surface area (Å²) in [6, 6.07) is 13.0. The second-order valence-electron chi connectivity index (χ2n) is 5.97. The van der Waals surface area contributed by atoms with Crippen LogP contribution in [0.2, 0.25) is 0 Å². The third-order valence-corrected chi connectivity index (χ3v) is 5.35. The van der Waals surface area contributed by atoms with E-state index in [9.17, 15) is 0 Å². The Kier molecular flexibility index (Phi) is 3.92. The van der Waals surface area contributed by atoms with Gasteiger partial charge < -0.3 is 5.32 Å². The van der Waals surface area contributed by atoms with Gasteiger partial charge in [0.05, 0.1) is 10.6 Å². The number of hydrogen-bond acceptors (Lipinski definition) is 3. The number of nitrogens with one attached hydrogen (secondary N) is 1. The Bertz CT molecular complexity index is 785. The van der Waals surface area contributed by atoms with Gasteiger partial charge in [0.25, 0.3) is 0 Å². The van der Waals surface area contributed by atoms with Gasteiger partial charge in [0.2, 0.25) is 0 Å². The van der Waals surface area contributed by atoms with Gasteiger partial charge in [-0.2, -0.15) is 5.10 Å². The van der Waals surface area contributed by atoms with Crippen LogP contribution in [0.4, 0.5) is 5.82 Å². The zero-order valence-corrected chi connectivity index (χ0v) is 14.2. The van der Waals surface area contributed by atoms with Crippen LogP contribution in [0, 0.1) is 0 Å². The predicted octanol–water partition coefficient (Wildman–Crippen LogP) is 4.91. The number of thiophene rings is 1. The molecular weight excluding hydrogens is 302 g/mol. The van der Waals surface area contributed by atoms with Crippen LogP contribution in [-0.4, -0.2) is 16.3 Å². The Hall–Kier alpha value is -2.07. The van der Waals surface area contributed by atoms with Crippen molar-refractivity contribution < 1.29 is 0 Å². The van der Waals surface area contributed by atoms with Gasteiger partial charge in [-0.1, -0.05) is 25.1 Å². The molecule has 0 unspecified atom stereocenters. The summed E-state index contributed by atoms with van der Waals surface area (Å²) < 4.78 is 2.09. The molecule has 4 rings (SSSR count). The zero-order valence-electron chi connectivity index (χ0n) is 13.4. The summed E-state index contributed by atoms with van der Waals surface area (Å²) in [5.41, 5.74) is 5.00. The van der Waals surface area contributed by atoms with Gasteiger partial charge in [-0.25, -0.2) is 4.68 Å². The van der Waals surface area contributed by atoms with E-state index < -0.39 is 0 Å². The molecule has 0 spiro atoms. The smallest absolute Gasteiger partial charge is 0.133 e. The van der Waals surface area contributed by atoms with Crippen LogP contribution < -0.4 is 5.32 Å². The molecule has 2 aromatic heterocycles. The van der Waals surface area contributed by atoms with E-state index in [1.54, 1.807) is 11.3 Å². The normalized spacial score (nSPS) is 14.1. The third-order valence-electron chi connectivity index (χ3n) is 4.47. The molecule has 0 amide bonds. The van der Waals surface area contributed by atoms with Crippen molar-refractivity contribution in [2.45, 2.75) is 32.6 Å². The van der Waals surface area contributed by atoms with Gasteiger partial charge >= 0.3 is 0 Å². The number of aromatic nitrogens is 2. The quantitative estimate of drug-likeness (QED) is 0.742. The number of fused-ring (bicyclic) bond motifs is 1. The maximum absolute atomic E-state index is 4.97. The second-order valence-corrected chi connectivity index (χ2v) is 6.92. The van der Waals surface area contributed by atoms with Crippen molar-refractivity contribution in [2.75, 3.05) is 11.9 Å². The minimum atomic E-state index is 1.02. The molecule has 1 aromatic carbocycles. The summed E-state index contributed by atoms with van der Waals surface area (Å²) in [4.78, 5) is 1.26. The fourth-order valence-electron chi connectivity index (χ4n) is 3.17. The lowest BCUT2D eigenvalue weighted by Gasteiger charge is -2.09. The van der Waals surface area contributed by atoms with Crippen LogP contribution in [0.5, 0.6) is 0 Å². The van der Waals surface area contributed by atoms with E-state index >= 15 is 0 Å². The Morgan fingerprint density at radius 3 is 2.78 bits per heavy atom. The molecule has 0 radical (unpaired) electrons. The molecule has 0 bridgehead atoms. The first-order chi connectivity index (χ1) is 11.4. The van der Waals surface area contributed by atoms with Crippen LogP contribution in [0.1, 0.15) is 30.9 Å². The van der Waals surface area contributed by atoms with Crippen LogP contribution in [-0.2, 0) is 12.8 Å². The average molecular weight is 323 g/mol. The largest absolute Gasteiger partial charge is 0.370 e. The molecular formula is C19H21N3S. The summed E-state index contributed by atoms with van der Waals surface area (Å²) in [6.45, 7) is 3.21. The lowest BCUT2D eigenvalue weighted by atomic mass is 10.1. The summed E-state index contributed by atoms with van der Waals surface area (Å²) in [6.07, 6.45) is 4.60. The molecule has 3 heterocycles. The minimum Gasteiger partial charge on any atom is -0.370 e. The lowest BCUT2D eigenvalue weighted by molar-refractivity contribution is 0.780. The Balaban J connectivity index is 1.85. The molecule has 0 saturated carbocycles. The molecule has 3 nitrogen and oxygen atoms in total. The monoisotopic (exact) mass is 323 g/mol. The van der Waals surface area contributed by atoms with Gasteiger partial charge in [0, 0.05) is 12.1 Å². The highest BCUT2D eigenvalue weighted by Crippen LogP contribution is 2.35. The van der Waals surface area contributed by atoms with E-state index in [2.05, 4.69) is 58.7 Å². The van der Waals surface area contributed by atoms with E-state index in [0.717, 1.165) is 30.8 Å². The summed E-state index contributed by atoms with van der Waals surface area (Å²) in [7, 11) is 0. The minimum absolute atomic E-state index is 1.02. The van der Waals surface area contributed by atoms with Gasteiger partial charge in [-0.05, 0) is 54.8 Å². The molecule has 1 N–H and O–H groups in total. The summed E-state index contributed by atoms with van der Waals surface area (Å²) in [5, 5.41) is 10.7. The molecule has 1 aliphatic rings. The maximum atomic E-state index is 4.97. The highest BCUT2D eigenvalue weighted by Gasteiger charge is 2.21. The highest BCUT2D eigenvalue weighted by atomic mass is 32.1. The van der Waals surface area contributed by atoms with Crippen molar-refractivity contribution in [3.05, 3.63) is 52.9 Å². The van der Waals surface area contributed by atoms with Gasteiger partial charge in [-0.15, -0.1) is 11.3 Å². The van der Waals surface area contributed by atoms with E-state index in [0.29, 0.717) is 0 Å². The molecule has 1 aliphatic heterocycles. The van der Waals surface area contributed by atoms with E-state index in [-0.39, 0.29) is 0 Å². The number of anilines is 1. The third kappa shape index (κ3) is 2.68. The van der Waals surface area contributed by atoms with Crippen molar-refractivity contribution >= 4 is 17.2 Å². The standard InChI is InChI=1S/C19H21N3S/c1-2-14-8-10-15(11-9-14)22-19-16(6-3-4-12-20-19)18(21-22)17-7-5-13-23-17/h5,7-11,13,20H,2-4,6,12H2,1H3. The van der Waals surface area contributed by atoms with Crippen LogP contribution in [0.25, 0.3) is 16.3 Å². The molecule has 0 atom stereocenters. The molecule has 23 heavy (non-hydrogen) atoms. The predicted molar refractivity (Wildman–Crippen MR) is 97.7 cm³/mol. The summed E-state index contributed by atoms with van der Waals surface area (Å²) >= 11 is 1.77. The first kappa shape index (κ1) is 14.5. The Morgan fingerprint density at radius 1 is 1.17 bits per heavy atom. The number of nitrogens with zero attached hydrogens (tertiary/aromatic N) is 2. The van der Waals surface area contributed by atoms with Crippen molar-refractivity contribution in [3.8, 4) is 16.3 Å². The highest BCUT2D eigenvalue weighted by molar-refractivity contribution is 7.13. The van der Waals surface area contributed by atoms with Crippen molar-refractivity contribution in [2.24, 2.45) is 0 Å². The molecule has 0 fully saturated rings. The molecule has 118 valence electrons. The van der Waals surface area contributed by atoms with E-state index in [1.807, 2.05) is 0 Å². The first-order valence-electron chi connectivity index (χ1n) is 8.36. The average Bonchev–Trinajstić information content (AvgIpc) is 3.17. The summed E-state index contributed by atoms with van der Waals surface area (Å²) in [5.74, 6) is 1.18. The maximum Gasteiger partial charge on any atom is 0.133 e. The van der Waals surface area contributed by atoms with Gasteiger partial charge in [-0.3, -0.25) is 0 Å². The second kappa shape index (κ2) is 6.20. The SMILES string of the molecule is CCc1ccc(-n2nc(-c3cccs3)c3c2NCCCC3)cc1. The van der Waals surface area contributed by atoms with Crippen LogP contribution >= 0.6 is 11.3 Å². The molecule has 0 aliphatic carbocycles. The topological polar surface area (TPSA) is 29.9 Å². The van der Waals surface area contributed by atoms with Gasteiger partial charge in [0.1, 0.15) is 11.5 Å². The van der Waals surface area contributed by atoms with E-state index in [1.165, 1.54) is 34.7 Å². The lowest BCUT2D eigenvalue weighted by Crippen LogP contribution is -2.07. The fraction of sp³-hybridized carbons (Fsp3) is 0.316. The molecule has 3 aromatic rings.